The van der Waals surface area contributed by atoms with Crippen LogP contribution in [0.2, 0.25) is 0 Å². The van der Waals surface area contributed by atoms with Gasteiger partial charge in [0.1, 0.15) is 5.82 Å². The standard InChI is InChI=1S/C11H10FNO2/c12-9-3-1-8(2-4-9)7-13-10(14)5-6-11(13)15/h1-6,14-15H,7H2. The van der Waals surface area contributed by atoms with Gasteiger partial charge in [-0.05, 0) is 17.7 Å². The lowest BCUT2D eigenvalue weighted by Gasteiger charge is -2.06. The summed E-state index contributed by atoms with van der Waals surface area (Å²) in [5.74, 6) is -0.339. The van der Waals surface area contributed by atoms with E-state index in [0.717, 1.165) is 5.56 Å². The van der Waals surface area contributed by atoms with Gasteiger partial charge in [0.15, 0.2) is 11.8 Å². The van der Waals surface area contributed by atoms with Crippen LogP contribution in [-0.4, -0.2) is 14.8 Å². The fourth-order valence-electron chi connectivity index (χ4n) is 1.38. The maximum absolute atomic E-state index is 12.6. The third kappa shape index (κ3) is 1.93. The highest BCUT2D eigenvalue weighted by atomic mass is 19.1. The summed E-state index contributed by atoms with van der Waals surface area (Å²) in [6.07, 6.45) is 0. The van der Waals surface area contributed by atoms with Crippen molar-refractivity contribution in [3.8, 4) is 11.8 Å². The number of rotatable bonds is 2. The Morgan fingerprint density at radius 2 is 1.47 bits per heavy atom. The molecule has 3 nitrogen and oxygen atoms in total. The minimum absolute atomic E-state index is 0.0168. The molecule has 4 heteroatoms. The zero-order valence-electron chi connectivity index (χ0n) is 7.89. The van der Waals surface area contributed by atoms with Crippen molar-refractivity contribution < 1.29 is 14.6 Å². The van der Waals surface area contributed by atoms with Gasteiger partial charge >= 0.3 is 0 Å². The third-order valence-electron chi connectivity index (χ3n) is 2.19. The van der Waals surface area contributed by atoms with Gasteiger partial charge in [-0.15, -0.1) is 0 Å². The lowest BCUT2D eigenvalue weighted by molar-refractivity contribution is 0.377. The first-order valence-electron chi connectivity index (χ1n) is 4.49. The van der Waals surface area contributed by atoms with E-state index in [2.05, 4.69) is 0 Å². The minimum atomic E-state index is -0.306. The molecule has 0 saturated heterocycles. The molecular weight excluding hydrogens is 197 g/mol. The number of halogens is 1. The van der Waals surface area contributed by atoms with Crippen LogP contribution < -0.4 is 0 Å². The van der Waals surface area contributed by atoms with Gasteiger partial charge in [-0.3, -0.25) is 4.57 Å². The summed E-state index contributed by atoms with van der Waals surface area (Å²) in [7, 11) is 0. The van der Waals surface area contributed by atoms with Crippen molar-refractivity contribution in [1.29, 1.82) is 0 Å². The molecule has 0 amide bonds. The Labute approximate surface area is 86.0 Å². The number of benzene rings is 1. The first-order chi connectivity index (χ1) is 7.16. The average Bonchev–Trinajstić information content (AvgIpc) is 2.53. The summed E-state index contributed by atoms with van der Waals surface area (Å²) < 4.78 is 13.9. The Balaban J connectivity index is 2.25. The van der Waals surface area contributed by atoms with Crippen LogP contribution >= 0.6 is 0 Å². The highest BCUT2D eigenvalue weighted by Gasteiger charge is 2.05. The second-order valence-electron chi connectivity index (χ2n) is 3.26. The Morgan fingerprint density at radius 3 is 2.00 bits per heavy atom. The van der Waals surface area contributed by atoms with Crippen LogP contribution in [0, 0.1) is 5.82 Å². The molecule has 2 rings (SSSR count). The van der Waals surface area contributed by atoms with Gasteiger partial charge in [-0.2, -0.15) is 0 Å². The van der Waals surface area contributed by atoms with Crippen molar-refractivity contribution in [2.45, 2.75) is 6.54 Å². The van der Waals surface area contributed by atoms with Crippen molar-refractivity contribution in [3.05, 3.63) is 47.8 Å². The van der Waals surface area contributed by atoms with E-state index in [-0.39, 0.29) is 17.6 Å². The zero-order chi connectivity index (χ0) is 10.8. The van der Waals surface area contributed by atoms with Crippen LogP contribution in [0.4, 0.5) is 4.39 Å². The summed E-state index contributed by atoms with van der Waals surface area (Å²) in [5, 5.41) is 18.8. The number of aromatic nitrogens is 1. The second-order valence-corrected chi connectivity index (χ2v) is 3.26. The SMILES string of the molecule is Oc1ccc(O)n1Cc1ccc(F)cc1. The molecule has 78 valence electrons. The molecular formula is C11H10FNO2. The van der Waals surface area contributed by atoms with E-state index < -0.39 is 0 Å². The molecule has 0 spiro atoms. The molecule has 2 N–H and O–H groups in total. The van der Waals surface area contributed by atoms with Gasteiger partial charge < -0.3 is 10.2 Å². The summed E-state index contributed by atoms with van der Waals surface area (Å²) >= 11 is 0. The fourth-order valence-corrected chi connectivity index (χ4v) is 1.38. The molecule has 2 aromatic rings. The molecule has 1 heterocycles. The van der Waals surface area contributed by atoms with Crippen LogP contribution in [0.1, 0.15) is 5.56 Å². The highest BCUT2D eigenvalue weighted by molar-refractivity contribution is 5.27. The molecule has 0 fully saturated rings. The smallest absolute Gasteiger partial charge is 0.194 e. The van der Waals surface area contributed by atoms with E-state index in [4.69, 9.17) is 0 Å². The lowest BCUT2D eigenvalue weighted by atomic mass is 10.2. The van der Waals surface area contributed by atoms with E-state index in [1.54, 1.807) is 12.1 Å². The molecule has 15 heavy (non-hydrogen) atoms. The molecule has 0 aliphatic carbocycles. The first-order valence-corrected chi connectivity index (χ1v) is 4.49. The normalized spacial score (nSPS) is 10.5. The molecule has 0 aliphatic heterocycles. The Morgan fingerprint density at radius 1 is 0.933 bits per heavy atom. The molecule has 0 atom stereocenters. The van der Waals surface area contributed by atoms with Gasteiger partial charge in [0.25, 0.3) is 0 Å². The van der Waals surface area contributed by atoms with Crippen molar-refractivity contribution in [1.82, 2.24) is 4.57 Å². The maximum atomic E-state index is 12.6. The first kappa shape index (κ1) is 9.58. The van der Waals surface area contributed by atoms with Gasteiger partial charge in [-0.25, -0.2) is 4.39 Å². The van der Waals surface area contributed by atoms with Crippen molar-refractivity contribution in [2.75, 3.05) is 0 Å². The Kier molecular flexibility index (Phi) is 2.33. The quantitative estimate of drug-likeness (QED) is 0.792. The second kappa shape index (κ2) is 3.65. The van der Waals surface area contributed by atoms with Crippen LogP contribution in [-0.2, 0) is 6.54 Å². The molecule has 1 aromatic carbocycles. The maximum Gasteiger partial charge on any atom is 0.194 e. The molecule has 1 aromatic heterocycles. The summed E-state index contributed by atoms with van der Waals surface area (Å²) in [6, 6.07) is 8.69. The van der Waals surface area contributed by atoms with Gasteiger partial charge in [0.05, 0.1) is 6.54 Å². The Hall–Kier alpha value is -1.97. The molecule has 0 unspecified atom stereocenters. The van der Waals surface area contributed by atoms with Crippen LogP contribution in [0.15, 0.2) is 36.4 Å². The van der Waals surface area contributed by atoms with E-state index >= 15 is 0 Å². The van der Waals surface area contributed by atoms with Crippen molar-refractivity contribution in [3.63, 3.8) is 0 Å². The molecule has 0 aliphatic rings. The topological polar surface area (TPSA) is 45.4 Å². The van der Waals surface area contributed by atoms with Crippen LogP contribution in [0.25, 0.3) is 0 Å². The summed E-state index contributed by atoms with van der Waals surface area (Å²) in [4.78, 5) is 0. The number of hydrogen-bond donors (Lipinski definition) is 2. The molecule has 0 bridgehead atoms. The van der Waals surface area contributed by atoms with Gasteiger partial charge in [0.2, 0.25) is 0 Å². The van der Waals surface area contributed by atoms with E-state index in [1.807, 2.05) is 0 Å². The third-order valence-corrected chi connectivity index (χ3v) is 2.19. The molecule has 0 radical (unpaired) electrons. The number of nitrogens with zero attached hydrogens (tertiary/aromatic N) is 1. The zero-order valence-corrected chi connectivity index (χ0v) is 7.89. The van der Waals surface area contributed by atoms with E-state index in [0.29, 0.717) is 6.54 Å². The Bertz CT molecular complexity index is 442. The minimum Gasteiger partial charge on any atom is -0.494 e. The predicted octanol–water partition coefficient (Wildman–Crippen LogP) is 2.09. The fraction of sp³-hybridized carbons (Fsp3) is 0.0909. The van der Waals surface area contributed by atoms with Gasteiger partial charge in [-0.1, -0.05) is 12.1 Å². The largest absolute Gasteiger partial charge is 0.494 e. The monoisotopic (exact) mass is 207 g/mol. The van der Waals surface area contributed by atoms with Crippen LogP contribution in [0.5, 0.6) is 11.8 Å². The molecule has 0 saturated carbocycles. The summed E-state index contributed by atoms with van der Waals surface area (Å²) in [5.41, 5.74) is 0.804. The summed E-state index contributed by atoms with van der Waals surface area (Å²) in [6.45, 7) is 0.310. The number of aromatic hydroxyl groups is 2. The van der Waals surface area contributed by atoms with Crippen molar-refractivity contribution >= 4 is 0 Å². The lowest BCUT2D eigenvalue weighted by Crippen LogP contribution is -1.98. The number of hydrogen-bond acceptors (Lipinski definition) is 2. The van der Waals surface area contributed by atoms with Crippen LogP contribution in [0.3, 0.4) is 0 Å². The predicted molar refractivity (Wildman–Crippen MR) is 53.3 cm³/mol. The average molecular weight is 207 g/mol. The van der Waals surface area contributed by atoms with Crippen molar-refractivity contribution in [2.24, 2.45) is 0 Å². The highest BCUT2D eigenvalue weighted by Crippen LogP contribution is 2.22. The van der Waals surface area contributed by atoms with E-state index in [1.165, 1.54) is 28.8 Å². The van der Waals surface area contributed by atoms with E-state index in [9.17, 15) is 14.6 Å². The van der Waals surface area contributed by atoms with Gasteiger partial charge in [0, 0.05) is 12.1 Å².